The summed E-state index contributed by atoms with van der Waals surface area (Å²) in [6.45, 7) is 4.51. The predicted octanol–water partition coefficient (Wildman–Crippen LogP) is 0.941. The molecule has 1 saturated heterocycles. The number of carbonyl (C=O) groups excluding carboxylic acids is 3. The summed E-state index contributed by atoms with van der Waals surface area (Å²) in [6.07, 6.45) is 0.417. The van der Waals surface area contributed by atoms with Crippen LogP contribution in [0.15, 0.2) is 23.3 Å². The first-order valence-corrected chi connectivity index (χ1v) is 8.90. The zero-order valence-corrected chi connectivity index (χ0v) is 15.7. The third-order valence-corrected chi connectivity index (χ3v) is 4.36. The number of rotatable bonds is 6. The molecule has 3 rings (SSSR count). The fourth-order valence-electron chi connectivity index (χ4n) is 3.03. The van der Waals surface area contributed by atoms with Crippen molar-refractivity contribution in [1.29, 1.82) is 0 Å². The molecule has 1 atom stereocenters. The van der Waals surface area contributed by atoms with Crippen molar-refractivity contribution in [1.82, 2.24) is 10.3 Å². The van der Waals surface area contributed by atoms with E-state index >= 15 is 0 Å². The van der Waals surface area contributed by atoms with Crippen molar-refractivity contribution in [3.8, 4) is 0 Å². The Kier molecular flexibility index (Phi) is 5.76. The average Bonchev–Trinajstić information content (AvgIpc) is 3.01. The lowest BCUT2D eigenvalue weighted by atomic mass is 10.2. The predicted molar refractivity (Wildman–Crippen MR) is 101 cm³/mol. The molecule has 2 aliphatic rings. The molecular formula is C18H22FN5O4. The summed E-state index contributed by atoms with van der Waals surface area (Å²) < 4.78 is 19.9. The van der Waals surface area contributed by atoms with Gasteiger partial charge in [0.2, 0.25) is 5.91 Å². The van der Waals surface area contributed by atoms with Gasteiger partial charge in [0.15, 0.2) is 5.78 Å². The van der Waals surface area contributed by atoms with Crippen LogP contribution in [-0.2, 0) is 14.3 Å². The van der Waals surface area contributed by atoms with Crippen molar-refractivity contribution in [2.24, 2.45) is 5.10 Å². The normalized spacial score (nSPS) is 19.0. The Hall–Kier alpha value is -3.17. The number of carbonyl (C=O) groups is 3. The molecule has 0 radical (unpaired) electrons. The lowest BCUT2D eigenvalue weighted by Gasteiger charge is -2.29. The molecule has 0 bridgehead atoms. The van der Waals surface area contributed by atoms with E-state index in [1.54, 1.807) is 22.0 Å². The van der Waals surface area contributed by atoms with Gasteiger partial charge in [0.25, 0.3) is 0 Å². The highest BCUT2D eigenvalue weighted by Crippen LogP contribution is 2.28. The zero-order valence-electron chi connectivity index (χ0n) is 15.7. The van der Waals surface area contributed by atoms with Gasteiger partial charge in [-0.15, -0.1) is 0 Å². The number of halogens is 1. The van der Waals surface area contributed by atoms with Crippen LogP contribution in [0.5, 0.6) is 0 Å². The van der Waals surface area contributed by atoms with Crippen molar-refractivity contribution >= 4 is 35.5 Å². The number of nitrogens with zero attached hydrogens (tertiary/aromatic N) is 4. The quantitative estimate of drug-likeness (QED) is 0.776. The molecule has 9 nitrogen and oxygen atoms in total. The number of benzene rings is 1. The third kappa shape index (κ3) is 4.56. The monoisotopic (exact) mass is 391 g/mol. The highest BCUT2D eigenvalue weighted by Gasteiger charge is 2.33. The Morgan fingerprint density at radius 3 is 2.71 bits per heavy atom. The summed E-state index contributed by atoms with van der Waals surface area (Å²) >= 11 is 0. The number of hydrogen-bond acceptors (Lipinski definition) is 7. The summed E-state index contributed by atoms with van der Waals surface area (Å²) in [4.78, 5) is 37.2. The zero-order chi connectivity index (χ0) is 20.3. The fourth-order valence-corrected chi connectivity index (χ4v) is 3.03. The maximum absolute atomic E-state index is 14.7. The number of cyclic esters (lactones) is 1. The fraction of sp³-hybridized carbons (Fsp3) is 0.444. The summed E-state index contributed by atoms with van der Waals surface area (Å²) in [5.74, 6) is -0.701. The molecule has 2 heterocycles. The van der Waals surface area contributed by atoms with Gasteiger partial charge in [-0.3, -0.25) is 19.5 Å². The van der Waals surface area contributed by atoms with E-state index in [1.807, 2.05) is 0 Å². The second-order valence-corrected chi connectivity index (χ2v) is 6.70. The number of anilines is 2. The van der Waals surface area contributed by atoms with E-state index in [1.165, 1.54) is 31.2 Å². The molecule has 1 fully saturated rings. The highest BCUT2D eigenvalue weighted by atomic mass is 19.1. The molecule has 1 aromatic rings. The van der Waals surface area contributed by atoms with Crippen molar-refractivity contribution in [2.75, 3.05) is 42.5 Å². The van der Waals surface area contributed by atoms with Crippen LogP contribution in [0.3, 0.4) is 0 Å². The van der Waals surface area contributed by atoms with Gasteiger partial charge < -0.3 is 15.0 Å². The summed E-state index contributed by atoms with van der Waals surface area (Å²) in [6, 6.07) is 4.48. The molecular weight excluding hydrogens is 369 g/mol. The standard InChI is InChI=1S/C18H22FN5O4/c1-12(25)9-23-6-5-22(11-21-23)17-4-3-14(7-16(17)19)24-10-15(28-18(24)27)8-20-13(2)26/h3-4,7,11,15H,5-6,8-10H2,1-2H3,(H,20,26)/t15-/m0/s1. The third-order valence-electron chi connectivity index (χ3n) is 4.36. The number of hydrogen-bond donors (Lipinski definition) is 1. The molecule has 0 aliphatic carbocycles. The lowest BCUT2D eigenvalue weighted by Crippen LogP contribution is -2.40. The molecule has 10 heteroatoms. The minimum Gasteiger partial charge on any atom is -0.442 e. The van der Waals surface area contributed by atoms with Crippen LogP contribution in [0.25, 0.3) is 0 Å². The van der Waals surface area contributed by atoms with Crippen LogP contribution in [0, 0.1) is 5.82 Å². The summed E-state index contributed by atoms with van der Waals surface area (Å²) in [7, 11) is 0. The summed E-state index contributed by atoms with van der Waals surface area (Å²) in [5.41, 5.74) is 0.709. The second kappa shape index (κ2) is 8.24. The van der Waals surface area contributed by atoms with E-state index in [-0.39, 0.29) is 31.3 Å². The number of amides is 2. The molecule has 1 aromatic carbocycles. The van der Waals surface area contributed by atoms with Crippen LogP contribution in [0.2, 0.25) is 0 Å². The minimum atomic E-state index is -0.582. The Balaban J connectivity index is 1.67. The number of hydrazone groups is 1. The van der Waals surface area contributed by atoms with Gasteiger partial charge in [0, 0.05) is 13.5 Å². The van der Waals surface area contributed by atoms with Gasteiger partial charge in [-0.2, -0.15) is 5.10 Å². The van der Waals surface area contributed by atoms with E-state index in [0.717, 1.165) is 0 Å². The van der Waals surface area contributed by atoms with Crippen molar-refractivity contribution in [3.05, 3.63) is 24.0 Å². The van der Waals surface area contributed by atoms with Gasteiger partial charge in [0.05, 0.1) is 37.6 Å². The molecule has 2 aliphatic heterocycles. The molecule has 150 valence electrons. The van der Waals surface area contributed by atoms with Crippen LogP contribution in [0.1, 0.15) is 13.8 Å². The van der Waals surface area contributed by atoms with Gasteiger partial charge in [-0.1, -0.05) is 0 Å². The molecule has 28 heavy (non-hydrogen) atoms. The number of Topliss-reactive ketones (excluding diaryl/α,β-unsaturated/α-hetero) is 1. The van der Waals surface area contributed by atoms with Gasteiger partial charge >= 0.3 is 6.09 Å². The van der Waals surface area contributed by atoms with Crippen LogP contribution in [-0.4, -0.2) is 68.0 Å². The van der Waals surface area contributed by atoms with Gasteiger partial charge in [-0.05, 0) is 25.1 Å². The molecule has 2 amide bonds. The Labute approximate surface area is 161 Å². The Bertz CT molecular complexity index is 815. The van der Waals surface area contributed by atoms with E-state index in [4.69, 9.17) is 4.74 Å². The SMILES string of the molecule is CC(=O)CN1CCN(c2ccc(N3C[C@H](CNC(C)=O)OC3=O)cc2F)C=N1. The van der Waals surface area contributed by atoms with Gasteiger partial charge in [-0.25, -0.2) is 9.18 Å². The maximum atomic E-state index is 14.7. The average molecular weight is 391 g/mol. The van der Waals surface area contributed by atoms with Gasteiger partial charge in [0.1, 0.15) is 18.3 Å². The van der Waals surface area contributed by atoms with E-state index < -0.39 is 18.0 Å². The van der Waals surface area contributed by atoms with Crippen LogP contribution < -0.4 is 15.1 Å². The van der Waals surface area contributed by atoms with E-state index in [2.05, 4.69) is 10.4 Å². The molecule has 0 spiro atoms. The minimum absolute atomic E-state index is 0.00967. The van der Waals surface area contributed by atoms with E-state index in [9.17, 15) is 18.8 Å². The second-order valence-electron chi connectivity index (χ2n) is 6.70. The first-order chi connectivity index (χ1) is 13.3. The van der Waals surface area contributed by atoms with Crippen molar-refractivity contribution in [3.63, 3.8) is 0 Å². The first-order valence-electron chi connectivity index (χ1n) is 8.90. The molecule has 0 saturated carbocycles. The topological polar surface area (TPSA) is 94.5 Å². The largest absolute Gasteiger partial charge is 0.442 e. The smallest absolute Gasteiger partial charge is 0.414 e. The lowest BCUT2D eigenvalue weighted by molar-refractivity contribution is -0.119. The number of nitrogens with one attached hydrogen (secondary N) is 1. The van der Waals surface area contributed by atoms with Crippen molar-refractivity contribution < 1.29 is 23.5 Å². The number of ether oxygens (including phenoxy) is 1. The maximum Gasteiger partial charge on any atom is 0.414 e. The molecule has 0 aromatic heterocycles. The number of ketones is 1. The van der Waals surface area contributed by atoms with Crippen molar-refractivity contribution in [2.45, 2.75) is 20.0 Å². The van der Waals surface area contributed by atoms with Crippen LogP contribution in [0.4, 0.5) is 20.6 Å². The van der Waals surface area contributed by atoms with Crippen LogP contribution >= 0.6 is 0 Å². The molecule has 1 N–H and O–H groups in total. The summed E-state index contributed by atoms with van der Waals surface area (Å²) in [5, 5.41) is 8.37. The molecule has 0 unspecified atom stereocenters. The Morgan fingerprint density at radius 2 is 2.11 bits per heavy atom. The first kappa shape index (κ1) is 19.6. The van der Waals surface area contributed by atoms with E-state index in [0.29, 0.717) is 24.5 Å². The highest BCUT2D eigenvalue weighted by molar-refractivity contribution is 5.90. The Morgan fingerprint density at radius 1 is 1.32 bits per heavy atom.